The number of hydrogen-bond donors (Lipinski definition) is 2. The Kier molecular flexibility index (Phi) is 12.0. The molecule has 1 aliphatic rings. The number of rotatable bonds is 9. The van der Waals surface area contributed by atoms with Gasteiger partial charge in [-0.05, 0) is 33.4 Å². The molecule has 0 unspecified atom stereocenters. The topological polar surface area (TPSA) is 52.1 Å². The summed E-state index contributed by atoms with van der Waals surface area (Å²) in [6.07, 6.45) is 0. The number of likely N-dealkylation sites (N-methyl/N-ethyl adjacent to an activating group) is 1. The summed E-state index contributed by atoms with van der Waals surface area (Å²) in [5, 5.41) is 6.83. The smallest absolute Gasteiger partial charge is 0.191 e. The highest BCUT2D eigenvalue weighted by molar-refractivity contribution is 14.0. The van der Waals surface area contributed by atoms with E-state index in [-0.39, 0.29) is 29.5 Å². The number of morpholine rings is 1. The molecule has 0 spiro atoms. The summed E-state index contributed by atoms with van der Waals surface area (Å²) in [7, 11) is 2.15. The predicted octanol–water partition coefficient (Wildman–Crippen LogP) is 2.40. The maximum absolute atomic E-state index is 5.47. The van der Waals surface area contributed by atoms with Crippen LogP contribution >= 0.6 is 24.0 Å². The number of nitrogens with one attached hydrogen (secondary N) is 2. The van der Waals surface area contributed by atoms with E-state index in [1.807, 2.05) is 0 Å². The maximum atomic E-state index is 5.47. The zero-order valence-corrected chi connectivity index (χ0v) is 20.2. The molecule has 2 rings (SSSR count). The fourth-order valence-electron chi connectivity index (χ4n) is 3.22. The number of aliphatic imine (C=N–C) groups is 1. The van der Waals surface area contributed by atoms with Gasteiger partial charge >= 0.3 is 0 Å². The van der Waals surface area contributed by atoms with E-state index in [9.17, 15) is 0 Å². The lowest BCUT2D eigenvalue weighted by molar-refractivity contribution is -0.00683. The van der Waals surface area contributed by atoms with Crippen LogP contribution < -0.4 is 10.6 Å². The van der Waals surface area contributed by atoms with Crippen molar-refractivity contribution in [3.63, 3.8) is 0 Å². The van der Waals surface area contributed by atoms with Crippen LogP contribution in [0.4, 0.5) is 0 Å². The number of hydrogen-bond acceptors (Lipinski definition) is 4. The van der Waals surface area contributed by atoms with Crippen molar-refractivity contribution in [2.45, 2.75) is 32.9 Å². The first kappa shape index (κ1) is 25.1. The normalized spacial score (nSPS) is 16.0. The Bertz CT molecular complexity index is 561. The van der Waals surface area contributed by atoms with Crippen molar-refractivity contribution in [2.75, 3.05) is 59.5 Å². The zero-order valence-electron chi connectivity index (χ0n) is 17.9. The van der Waals surface area contributed by atoms with E-state index in [1.165, 1.54) is 5.56 Å². The summed E-state index contributed by atoms with van der Waals surface area (Å²) < 4.78 is 5.47. The van der Waals surface area contributed by atoms with Crippen LogP contribution in [0.1, 0.15) is 26.3 Å². The van der Waals surface area contributed by atoms with Gasteiger partial charge in [-0.3, -0.25) is 9.89 Å². The second-order valence-corrected chi connectivity index (χ2v) is 7.76. The largest absolute Gasteiger partial charge is 0.379 e. The van der Waals surface area contributed by atoms with Gasteiger partial charge in [-0.1, -0.05) is 30.3 Å². The van der Waals surface area contributed by atoms with Crippen LogP contribution in [0, 0.1) is 0 Å². The van der Waals surface area contributed by atoms with Crippen molar-refractivity contribution < 1.29 is 4.74 Å². The molecule has 1 aromatic carbocycles. The van der Waals surface area contributed by atoms with Gasteiger partial charge in [0, 0.05) is 44.8 Å². The van der Waals surface area contributed by atoms with Crippen molar-refractivity contribution in [1.82, 2.24) is 20.4 Å². The Morgan fingerprint density at radius 3 is 2.50 bits per heavy atom. The van der Waals surface area contributed by atoms with Crippen molar-refractivity contribution in [3.05, 3.63) is 35.9 Å². The van der Waals surface area contributed by atoms with E-state index < -0.39 is 0 Å². The van der Waals surface area contributed by atoms with Crippen molar-refractivity contribution >= 4 is 29.9 Å². The quantitative estimate of drug-likeness (QED) is 0.308. The zero-order chi connectivity index (χ0) is 19.5. The summed E-state index contributed by atoms with van der Waals surface area (Å²) >= 11 is 0. The lowest BCUT2D eigenvalue weighted by Crippen LogP contribution is -2.52. The molecule has 0 amide bonds. The highest BCUT2D eigenvalue weighted by atomic mass is 127. The van der Waals surface area contributed by atoms with E-state index >= 15 is 0 Å². The summed E-state index contributed by atoms with van der Waals surface area (Å²) in [5.41, 5.74) is 1.38. The predicted molar refractivity (Wildman–Crippen MR) is 129 cm³/mol. The van der Waals surface area contributed by atoms with Gasteiger partial charge in [0.1, 0.15) is 0 Å². The second-order valence-electron chi connectivity index (χ2n) is 7.76. The third-order valence-corrected chi connectivity index (χ3v) is 4.92. The summed E-state index contributed by atoms with van der Waals surface area (Å²) in [6.45, 7) is 14.7. The highest BCUT2D eigenvalue weighted by Gasteiger charge is 2.28. The molecule has 1 heterocycles. The molecular formula is C21H38IN5O. The highest BCUT2D eigenvalue weighted by Crippen LogP contribution is 2.16. The maximum Gasteiger partial charge on any atom is 0.191 e. The van der Waals surface area contributed by atoms with Crippen LogP contribution in [-0.4, -0.2) is 80.8 Å². The molecule has 2 N–H and O–H groups in total. The Hall–Kier alpha value is -0.900. The molecule has 1 fully saturated rings. The molecule has 160 valence electrons. The van der Waals surface area contributed by atoms with Gasteiger partial charge in [0.25, 0.3) is 0 Å². The molecular weight excluding hydrogens is 465 g/mol. The first-order valence-electron chi connectivity index (χ1n) is 10.1. The average molecular weight is 503 g/mol. The third kappa shape index (κ3) is 9.07. The average Bonchev–Trinajstić information content (AvgIpc) is 2.67. The van der Waals surface area contributed by atoms with Crippen LogP contribution in [0.3, 0.4) is 0 Å². The van der Waals surface area contributed by atoms with Crippen molar-refractivity contribution in [2.24, 2.45) is 4.99 Å². The minimum atomic E-state index is 0. The lowest BCUT2D eigenvalue weighted by atomic mass is 10.0. The third-order valence-electron chi connectivity index (χ3n) is 4.92. The second kappa shape index (κ2) is 13.3. The summed E-state index contributed by atoms with van der Waals surface area (Å²) in [6, 6.07) is 10.6. The molecule has 0 aromatic heterocycles. The number of guanidine groups is 1. The first-order chi connectivity index (χ1) is 13.0. The van der Waals surface area contributed by atoms with E-state index in [4.69, 9.17) is 9.73 Å². The minimum absolute atomic E-state index is 0. The van der Waals surface area contributed by atoms with Crippen LogP contribution in [0.15, 0.2) is 35.3 Å². The number of ether oxygens (including phenoxy) is 1. The summed E-state index contributed by atoms with van der Waals surface area (Å²) in [4.78, 5) is 9.63. The standard InChI is InChI=1S/C21H37N5O.HI/c1-5-22-20(24-18-21(2,3)26-13-15-27-16-14-26)23-11-12-25(4)17-19-9-7-6-8-10-19;/h6-10H,5,11-18H2,1-4H3,(H2,22,23,24);1H. The molecule has 0 aliphatic carbocycles. The monoisotopic (exact) mass is 503 g/mol. The van der Waals surface area contributed by atoms with Gasteiger partial charge in [0.05, 0.1) is 19.8 Å². The van der Waals surface area contributed by atoms with Crippen LogP contribution in [0.2, 0.25) is 0 Å². The van der Waals surface area contributed by atoms with Gasteiger partial charge in [0.15, 0.2) is 5.96 Å². The Balaban J connectivity index is 0.00000392. The van der Waals surface area contributed by atoms with Crippen LogP contribution in [0.5, 0.6) is 0 Å². The summed E-state index contributed by atoms with van der Waals surface area (Å²) in [5.74, 6) is 0.895. The molecule has 28 heavy (non-hydrogen) atoms. The lowest BCUT2D eigenvalue weighted by Gasteiger charge is -2.39. The molecule has 1 aromatic rings. The fourth-order valence-corrected chi connectivity index (χ4v) is 3.22. The molecule has 0 bridgehead atoms. The molecule has 1 saturated heterocycles. The number of halogens is 1. The van der Waals surface area contributed by atoms with E-state index in [1.54, 1.807) is 0 Å². The fraction of sp³-hybridized carbons (Fsp3) is 0.667. The molecule has 0 atom stereocenters. The molecule has 6 nitrogen and oxygen atoms in total. The Morgan fingerprint density at radius 1 is 1.18 bits per heavy atom. The Morgan fingerprint density at radius 2 is 1.86 bits per heavy atom. The van der Waals surface area contributed by atoms with Gasteiger partial charge in [0.2, 0.25) is 0 Å². The van der Waals surface area contributed by atoms with Crippen molar-refractivity contribution in [1.29, 1.82) is 0 Å². The van der Waals surface area contributed by atoms with Crippen LogP contribution in [-0.2, 0) is 11.3 Å². The molecule has 0 saturated carbocycles. The number of nitrogens with zero attached hydrogens (tertiary/aromatic N) is 3. The van der Waals surface area contributed by atoms with Gasteiger partial charge < -0.3 is 20.3 Å². The SMILES string of the molecule is CCNC(=NCC(C)(C)N1CCOCC1)NCCN(C)Cc1ccccc1.I. The van der Waals surface area contributed by atoms with Gasteiger partial charge in [-0.15, -0.1) is 24.0 Å². The first-order valence-corrected chi connectivity index (χ1v) is 10.1. The molecule has 1 aliphatic heterocycles. The van der Waals surface area contributed by atoms with E-state index in [0.29, 0.717) is 0 Å². The molecule has 0 radical (unpaired) electrons. The van der Waals surface area contributed by atoms with Gasteiger partial charge in [-0.2, -0.15) is 0 Å². The van der Waals surface area contributed by atoms with Crippen molar-refractivity contribution in [3.8, 4) is 0 Å². The number of benzene rings is 1. The van der Waals surface area contributed by atoms with E-state index in [2.05, 4.69) is 78.6 Å². The van der Waals surface area contributed by atoms with E-state index in [0.717, 1.165) is 65.0 Å². The molecule has 7 heteroatoms. The van der Waals surface area contributed by atoms with Crippen LogP contribution in [0.25, 0.3) is 0 Å². The minimum Gasteiger partial charge on any atom is -0.379 e. The van der Waals surface area contributed by atoms with Gasteiger partial charge in [-0.25, -0.2) is 0 Å². The Labute approximate surface area is 188 Å².